The molecule has 1 aliphatic rings. The minimum Gasteiger partial charge on any atom is -0.318 e. The van der Waals surface area contributed by atoms with Crippen LogP contribution in [0.4, 0.5) is 0 Å². The fraction of sp³-hybridized carbons (Fsp3) is 0.111. The van der Waals surface area contributed by atoms with Crippen molar-refractivity contribution < 1.29 is 9.59 Å². The van der Waals surface area contributed by atoms with Gasteiger partial charge in [-0.2, -0.15) is 0 Å². The topological polar surface area (TPSA) is 46.2 Å². The second kappa shape index (κ2) is 3.05. The van der Waals surface area contributed by atoms with Crippen LogP contribution < -0.4 is 5.32 Å². The van der Waals surface area contributed by atoms with Crippen molar-refractivity contribution in [1.82, 2.24) is 5.32 Å². The van der Waals surface area contributed by atoms with E-state index in [0.29, 0.717) is 11.3 Å². The standard InChI is InChI=1S/C9H7NO2/c1-3-5-7-6(4-2)8(11)9(12)10-7/h1,4-5H,2H3,(H,10,12)/b6-4+,7-5+. The van der Waals surface area contributed by atoms with E-state index in [1.165, 1.54) is 6.08 Å². The van der Waals surface area contributed by atoms with Gasteiger partial charge in [0.05, 0.1) is 5.70 Å². The molecule has 0 saturated carbocycles. The second-order valence-electron chi connectivity index (χ2n) is 2.21. The lowest BCUT2D eigenvalue weighted by atomic mass is 10.1. The molecule has 0 radical (unpaired) electrons. The van der Waals surface area contributed by atoms with Crippen LogP contribution in [-0.4, -0.2) is 11.7 Å². The molecule has 3 heteroatoms. The molecule has 1 aliphatic heterocycles. The Kier molecular flexibility index (Phi) is 2.11. The van der Waals surface area contributed by atoms with Gasteiger partial charge in [-0.25, -0.2) is 0 Å². The number of Topliss-reactive ketones (excluding diaryl/α,β-unsaturated/α-hetero) is 1. The quantitative estimate of drug-likeness (QED) is 0.312. The predicted molar refractivity (Wildman–Crippen MR) is 43.8 cm³/mol. The second-order valence-corrected chi connectivity index (χ2v) is 2.21. The summed E-state index contributed by atoms with van der Waals surface area (Å²) in [4.78, 5) is 21.8. The zero-order chi connectivity index (χ0) is 9.14. The van der Waals surface area contributed by atoms with Gasteiger partial charge < -0.3 is 5.32 Å². The first kappa shape index (κ1) is 8.28. The summed E-state index contributed by atoms with van der Waals surface area (Å²) in [5, 5.41) is 2.37. The highest BCUT2D eigenvalue weighted by Gasteiger charge is 2.29. The van der Waals surface area contributed by atoms with E-state index in [1.807, 2.05) is 0 Å². The molecular formula is C9H7NO2. The smallest absolute Gasteiger partial charge is 0.296 e. The van der Waals surface area contributed by atoms with Crippen LogP contribution in [0.3, 0.4) is 0 Å². The van der Waals surface area contributed by atoms with Gasteiger partial charge in [0.25, 0.3) is 11.7 Å². The zero-order valence-electron chi connectivity index (χ0n) is 6.55. The summed E-state index contributed by atoms with van der Waals surface area (Å²) in [5.74, 6) is 1.10. The molecule has 1 amide bonds. The van der Waals surface area contributed by atoms with Crippen molar-refractivity contribution >= 4 is 11.7 Å². The monoisotopic (exact) mass is 161 g/mol. The van der Waals surface area contributed by atoms with E-state index >= 15 is 0 Å². The number of carbonyl (C=O) groups is 2. The normalized spacial score (nSPS) is 23.0. The van der Waals surface area contributed by atoms with Crippen molar-refractivity contribution in [1.29, 1.82) is 0 Å². The van der Waals surface area contributed by atoms with E-state index in [1.54, 1.807) is 13.0 Å². The van der Waals surface area contributed by atoms with Gasteiger partial charge in [-0.3, -0.25) is 9.59 Å². The highest BCUT2D eigenvalue weighted by Crippen LogP contribution is 2.14. The molecule has 1 saturated heterocycles. The number of allylic oxidation sites excluding steroid dienone is 3. The van der Waals surface area contributed by atoms with E-state index in [0.717, 1.165) is 0 Å². The fourth-order valence-electron chi connectivity index (χ4n) is 0.975. The average molecular weight is 161 g/mol. The summed E-state index contributed by atoms with van der Waals surface area (Å²) in [6.45, 7) is 1.68. The van der Waals surface area contributed by atoms with Crippen LogP contribution >= 0.6 is 0 Å². The minimum absolute atomic E-state index is 0.345. The van der Waals surface area contributed by atoms with Crippen LogP contribution in [0.2, 0.25) is 0 Å². The molecule has 0 unspecified atom stereocenters. The molecular weight excluding hydrogens is 154 g/mol. The molecule has 1 N–H and O–H groups in total. The van der Waals surface area contributed by atoms with Crippen LogP contribution in [-0.2, 0) is 9.59 Å². The molecule has 0 aliphatic carbocycles. The van der Waals surface area contributed by atoms with Gasteiger partial charge in [0.15, 0.2) is 0 Å². The summed E-state index contributed by atoms with van der Waals surface area (Å²) >= 11 is 0. The van der Waals surface area contributed by atoms with Crippen LogP contribution in [0.1, 0.15) is 6.92 Å². The molecule has 0 aromatic carbocycles. The minimum atomic E-state index is -0.621. The van der Waals surface area contributed by atoms with E-state index in [4.69, 9.17) is 6.42 Å². The molecule has 60 valence electrons. The lowest BCUT2D eigenvalue weighted by Crippen LogP contribution is -2.17. The number of terminal acetylenes is 1. The number of hydrogen-bond donors (Lipinski definition) is 1. The van der Waals surface area contributed by atoms with Gasteiger partial charge in [0, 0.05) is 11.6 Å². The third kappa shape index (κ3) is 1.15. The molecule has 1 heterocycles. The summed E-state index contributed by atoms with van der Waals surface area (Å²) in [6, 6.07) is 0. The van der Waals surface area contributed by atoms with Gasteiger partial charge in [0.1, 0.15) is 0 Å². The lowest BCUT2D eigenvalue weighted by molar-refractivity contribution is -0.133. The molecule has 1 rings (SSSR count). The highest BCUT2D eigenvalue weighted by molar-refractivity contribution is 6.47. The molecule has 12 heavy (non-hydrogen) atoms. The number of carbonyl (C=O) groups excluding carboxylic acids is 2. The van der Waals surface area contributed by atoms with Crippen LogP contribution in [0, 0.1) is 12.3 Å². The van der Waals surface area contributed by atoms with Gasteiger partial charge >= 0.3 is 0 Å². The lowest BCUT2D eigenvalue weighted by Gasteiger charge is -1.92. The summed E-state index contributed by atoms with van der Waals surface area (Å²) in [5.41, 5.74) is 0.757. The highest BCUT2D eigenvalue weighted by atomic mass is 16.2. The van der Waals surface area contributed by atoms with Crippen molar-refractivity contribution in [3.8, 4) is 12.3 Å². The maximum Gasteiger partial charge on any atom is 0.296 e. The zero-order valence-corrected chi connectivity index (χ0v) is 6.55. The molecule has 0 aromatic rings. The summed E-state index contributed by atoms with van der Waals surface area (Å²) in [6.07, 6.45) is 7.92. The Balaban J connectivity index is 3.13. The number of nitrogens with one attached hydrogen (secondary N) is 1. The van der Waals surface area contributed by atoms with Crippen LogP contribution in [0.25, 0.3) is 0 Å². The van der Waals surface area contributed by atoms with Crippen molar-refractivity contribution in [2.75, 3.05) is 0 Å². The molecule has 0 atom stereocenters. The van der Waals surface area contributed by atoms with Crippen LogP contribution in [0.5, 0.6) is 0 Å². The Hall–Kier alpha value is -1.82. The largest absolute Gasteiger partial charge is 0.318 e. The molecule has 0 aromatic heterocycles. The van der Waals surface area contributed by atoms with Crippen molar-refractivity contribution in [3.05, 3.63) is 23.4 Å². The first-order valence-corrected chi connectivity index (χ1v) is 3.39. The number of ketones is 1. The van der Waals surface area contributed by atoms with Gasteiger partial charge in [-0.1, -0.05) is 12.0 Å². The number of hydrogen-bond acceptors (Lipinski definition) is 2. The van der Waals surface area contributed by atoms with Gasteiger partial charge in [0.2, 0.25) is 0 Å². The SMILES string of the molecule is C#C/C=C1/NC(=O)C(=O)/C1=C/C. The fourth-order valence-corrected chi connectivity index (χ4v) is 0.975. The Labute approximate surface area is 70.1 Å². The van der Waals surface area contributed by atoms with Crippen molar-refractivity contribution in [2.24, 2.45) is 0 Å². The first-order valence-electron chi connectivity index (χ1n) is 3.39. The summed E-state index contributed by atoms with van der Waals surface area (Å²) in [7, 11) is 0. The van der Waals surface area contributed by atoms with E-state index in [-0.39, 0.29) is 0 Å². The van der Waals surface area contributed by atoms with Gasteiger partial charge in [-0.05, 0) is 6.92 Å². The Morgan fingerprint density at radius 2 is 2.17 bits per heavy atom. The molecule has 0 spiro atoms. The van der Waals surface area contributed by atoms with Crippen LogP contribution in [0.15, 0.2) is 23.4 Å². The maximum atomic E-state index is 11.0. The van der Waals surface area contributed by atoms with E-state index in [9.17, 15) is 9.59 Å². The number of amides is 1. The molecule has 1 fully saturated rings. The Morgan fingerprint density at radius 3 is 2.67 bits per heavy atom. The van der Waals surface area contributed by atoms with E-state index < -0.39 is 11.7 Å². The van der Waals surface area contributed by atoms with Crippen molar-refractivity contribution in [2.45, 2.75) is 6.92 Å². The average Bonchev–Trinajstić information content (AvgIpc) is 2.29. The number of rotatable bonds is 0. The Bertz CT molecular complexity index is 342. The molecule has 0 bridgehead atoms. The predicted octanol–water partition coefficient (Wildman–Crippen LogP) is 0.149. The first-order chi connectivity index (χ1) is 5.70. The maximum absolute atomic E-state index is 11.0. The summed E-state index contributed by atoms with van der Waals surface area (Å²) < 4.78 is 0. The third-order valence-corrected chi connectivity index (χ3v) is 1.51. The molecule has 3 nitrogen and oxygen atoms in total. The third-order valence-electron chi connectivity index (χ3n) is 1.51. The van der Waals surface area contributed by atoms with Gasteiger partial charge in [-0.15, -0.1) is 6.42 Å². The van der Waals surface area contributed by atoms with E-state index in [2.05, 4.69) is 11.2 Å². The van der Waals surface area contributed by atoms with Crippen molar-refractivity contribution in [3.63, 3.8) is 0 Å². The Morgan fingerprint density at radius 1 is 1.50 bits per heavy atom.